The number of methoxy groups -OCH3 is 1. The van der Waals surface area contributed by atoms with Crippen molar-refractivity contribution in [3.63, 3.8) is 0 Å². The van der Waals surface area contributed by atoms with E-state index >= 15 is 0 Å². The van der Waals surface area contributed by atoms with Crippen LogP contribution in [-0.4, -0.2) is 30.3 Å². The number of benzene rings is 2. The van der Waals surface area contributed by atoms with Crippen molar-refractivity contribution in [2.24, 2.45) is 0 Å². The van der Waals surface area contributed by atoms with Crippen LogP contribution in [0.2, 0.25) is 0 Å². The zero-order chi connectivity index (χ0) is 18.1. The van der Waals surface area contributed by atoms with E-state index in [1.807, 2.05) is 36.4 Å². The average Bonchev–Trinajstić information content (AvgIpc) is 2.94. The van der Waals surface area contributed by atoms with Crippen molar-refractivity contribution in [2.45, 2.75) is 6.92 Å². The summed E-state index contributed by atoms with van der Waals surface area (Å²) in [5, 5.41) is 12.1. The van der Waals surface area contributed by atoms with Crippen LogP contribution in [0.15, 0.2) is 46.9 Å². The van der Waals surface area contributed by atoms with Crippen LogP contribution in [0.25, 0.3) is 10.9 Å². The van der Waals surface area contributed by atoms with Crippen molar-refractivity contribution in [1.29, 1.82) is 5.41 Å². The molecule has 128 valence electrons. The van der Waals surface area contributed by atoms with E-state index in [1.165, 1.54) is 0 Å². The van der Waals surface area contributed by atoms with Crippen molar-refractivity contribution in [3.8, 4) is 5.75 Å². The van der Waals surface area contributed by atoms with Gasteiger partial charge < -0.3 is 15.5 Å². The van der Waals surface area contributed by atoms with Crippen LogP contribution in [-0.2, 0) is 0 Å². The van der Waals surface area contributed by atoms with Crippen LogP contribution in [0.5, 0.6) is 5.75 Å². The van der Waals surface area contributed by atoms with E-state index in [9.17, 15) is 4.79 Å². The first-order chi connectivity index (χ1) is 12.0. The molecule has 1 heterocycles. The second-order valence-electron chi connectivity index (χ2n) is 5.60. The summed E-state index contributed by atoms with van der Waals surface area (Å²) < 4.78 is 7.65. The van der Waals surface area contributed by atoms with E-state index in [0.717, 1.165) is 15.4 Å². The molecule has 3 aromatic rings. The molecule has 0 aliphatic carbocycles. The fourth-order valence-corrected chi connectivity index (χ4v) is 3.43. The van der Waals surface area contributed by atoms with Crippen LogP contribution in [0.3, 0.4) is 0 Å². The SMILES string of the molecule is CNc1c(C(C)=N)c2cc(OC)ccc2n1C(=O)c1ccccc1Br. The minimum atomic E-state index is -0.167. The molecule has 1 aromatic heterocycles. The molecule has 0 spiro atoms. The molecule has 0 fully saturated rings. The fourth-order valence-electron chi connectivity index (χ4n) is 2.98. The molecule has 2 N–H and O–H groups in total. The monoisotopic (exact) mass is 399 g/mol. The van der Waals surface area contributed by atoms with Crippen LogP contribution in [0.1, 0.15) is 22.8 Å². The lowest BCUT2D eigenvalue weighted by Crippen LogP contribution is -2.15. The zero-order valence-electron chi connectivity index (χ0n) is 14.2. The highest BCUT2D eigenvalue weighted by Crippen LogP contribution is 2.34. The highest BCUT2D eigenvalue weighted by molar-refractivity contribution is 9.10. The van der Waals surface area contributed by atoms with Crippen LogP contribution in [0, 0.1) is 5.41 Å². The summed E-state index contributed by atoms with van der Waals surface area (Å²) in [5.74, 6) is 1.11. The van der Waals surface area contributed by atoms with E-state index < -0.39 is 0 Å². The number of carbonyl (C=O) groups is 1. The summed E-state index contributed by atoms with van der Waals surface area (Å²) in [7, 11) is 3.35. The highest BCUT2D eigenvalue weighted by Gasteiger charge is 2.24. The first-order valence-corrected chi connectivity index (χ1v) is 8.53. The molecule has 0 aliphatic heterocycles. The minimum absolute atomic E-state index is 0.167. The van der Waals surface area contributed by atoms with Gasteiger partial charge in [0.2, 0.25) is 0 Å². The molecule has 2 aromatic carbocycles. The van der Waals surface area contributed by atoms with Gasteiger partial charge in [0.1, 0.15) is 11.6 Å². The number of carbonyl (C=O) groups excluding carboxylic acids is 1. The first-order valence-electron chi connectivity index (χ1n) is 7.74. The number of ether oxygens (including phenoxy) is 1. The molecule has 0 unspecified atom stereocenters. The summed E-state index contributed by atoms with van der Waals surface area (Å²) in [6, 6.07) is 12.8. The maximum absolute atomic E-state index is 13.2. The minimum Gasteiger partial charge on any atom is -0.497 e. The number of rotatable bonds is 4. The Morgan fingerprint density at radius 2 is 1.96 bits per heavy atom. The lowest BCUT2D eigenvalue weighted by atomic mass is 10.1. The number of hydrogen-bond donors (Lipinski definition) is 2. The van der Waals surface area contributed by atoms with E-state index in [-0.39, 0.29) is 5.91 Å². The fraction of sp³-hybridized carbons (Fsp3) is 0.158. The largest absolute Gasteiger partial charge is 0.497 e. The van der Waals surface area contributed by atoms with Gasteiger partial charge in [-0.25, -0.2) is 0 Å². The quantitative estimate of drug-likeness (QED) is 0.633. The van der Waals surface area contributed by atoms with Gasteiger partial charge in [-0.15, -0.1) is 0 Å². The summed E-state index contributed by atoms with van der Waals surface area (Å²) >= 11 is 3.45. The third-order valence-electron chi connectivity index (χ3n) is 4.09. The predicted octanol–water partition coefficient (Wildman–Crippen LogP) is 4.53. The van der Waals surface area contributed by atoms with Gasteiger partial charge in [0.25, 0.3) is 5.91 Å². The molecule has 25 heavy (non-hydrogen) atoms. The lowest BCUT2D eigenvalue weighted by Gasteiger charge is -2.11. The Bertz CT molecular complexity index is 992. The van der Waals surface area contributed by atoms with Gasteiger partial charge in [-0.05, 0) is 53.2 Å². The number of anilines is 1. The molecule has 0 atom stereocenters. The van der Waals surface area contributed by atoms with Crippen molar-refractivity contribution < 1.29 is 9.53 Å². The van der Waals surface area contributed by atoms with Gasteiger partial charge in [-0.2, -0.15) is 0 Å². The van der Waals surface area contributed by atoms with Gasteiger partial charge in [0.05, 0.1) is 18.2 Å². The normalized spacial score (nSPS) is 10.7. The van der Waals surface area contributed by atoms with Gasteiger partial charge in [-0.3, -0.25) is 9.36 Å². The molecule has 0 radical (unpaired) electrons. The standard InChI is InChI=1S/C19H18BrN3O2/c1-11(21)17-14-10-12(25-3)8-9-16(14)23(18(17)22-2)19(24)13-6-4-5-7-15(13)20/h4-10,21-22H,1-3H3. The molecule has 3 rings (SSSR count). The zero-order valence-corrected chi connectivity index (χ0v) is 15.8. The number of halogens is 1. The second-order valence-corrected chi connectivity index (χ2v) is 6.46. The van der Waals surface area contributed by atoms with E-state index in [4.69, 9.17) is 10.1 Å². The van der Waals surface area contributed by atoms with Gasteiger partial charge in [0.15, 0.2) is 0 Å². The number of aromatic nitrogens is 1. The Hall–Kier alpha value is -2.60. The number of hydrogen-bond acceptors (Lipinski definition) is 4. The van der Waals surface area contributed by atoms with Crippen LogP contribution >= 0.6 is 15.9 Å². The van der Waals surface area contributed by atoms with Crippen LogP contribution < -0.4 is 10.1 Å². The number of fused-ring (bicyclic) bond motifs is 1. The van der Waals surface area contributed by atoms with Crippen molar-refractivity contribution in [3.05, 3.63) is 58.1 Å². The Morgan fingerprint density at radius 1 is 1.24 bits per heavy atom. The van der Waals surface area contributed by atoms with Crippen molar-refractivity contribution in [2.75, 3.05) is 19.5 Å². The molecule has 0 amide bonds. The maximum atomic E-state index is 13.2. The number of nitrogens with zero attached hydrogens (tertiary/aromatic N) is 1. The van der Waals surface area contributed by atoms with E-state index in [0.29, 0.717) is 28.4 Å². The molecule has 0 saturated carbocycles. The van der Waals surface area contributed by atoms with Gasteiger partial charge in [-0.1, -0.05) is 12.1 Å². The van der Waals surface area contributed by atoms with E-state index in [2.05, 4.69) is 21.2 Å². The van der Waals surface area contributed by atoms with Gasteiger partial charge in [0, 0.05) is 28.2 Å². The summed E-state index contributed by atoms with van der Waals surface area (Å²) in [6.45, 7) is 1.71. The molecule has 0 aliphatic rings. The molecule has 6 heteroatoms. The molecule has 5 nitrogen and oxygen atoms in total. The first kappa shape index (κ1) is 17.2. The summed E-state index contributed by atoms with van der Waals surface area (Å²) in [4.78, 5) is 13.2. The highest BCUT2D eigenvalue weighted by atomic mass is 79.9. The molecule has 0 saturated heterocycles. The predicted molar refractivity (Wildman–Crippen MR) is 104 cm³/mol. The Labute approximate surface area is 154 Å². The maximum Gasteiger partial charge on any atom is 0.265 e. The third kappa shape index (κ3) is 2.82. The number of nitrogens with one attached hydrogen (secondary N) is 2. The van der Waals surface area contributed by atoms with Gasteiger partial charge >= 0.3 is 0 Å². The van der Waals surface area contributed by atoms with Crippen molar-refractivity contribution >= 4 is 44.3 Å². The Balaban J connectivity index is 2.36. The Kier molecular flexibility index (Phi) is 4.63. The summed E-state index contributed by atoms with van der Waals surface area (Å²) in [5.41, 5.74) is 2.35. The van der Waals surface area contributed by atoms with E-state index in [1.54, 1.807) is 31.7 Å². The molecular weight excluding hydrogens is 382 g/mol. The Morgan fingerprint density at radius 3 is 2.56 bits per heavy atom. The third-order valence-corrected chi connectivity index (χ3v) is 4.79. The van der Waals surface area contributed by atoms with Crippen LogP contribution in [0.4, 0.5) is 5.82 Å². The van der Waals surface area contributed by atoms with Crippen molar-refractivity contribution in [1.82, 2.24) is 4.57 Å². The smallest absolute Gasteiger partial charge is 0.265 e. The topological polar surface area (TPSA) is 67.1 Å². The summed E-state index contributed by atoms with van der Waals surface area (Å²) in [6.07, 6.45) is 0. The second kappa shape index (κ2) is 6.72. The lowest BCUT2D eigenvalue weighted by molar-refractivity contribution is 0.0966. The molecular formula is C19H18BrN3O2. The average molecular weight is 400 g/mol. The molecule has 0 bridgehead atoms.